The van der Waals surface area contributed by atoms with Gasteiger partial charge in [0, 0.05) is 5.41 Å². The van der Waals surface area contributed by atoms with Gasteiger partial charge in [0.1, 0.15) is 17.1 Å². The second-order valence-electron chi connectivity index (χ2n) is 6.53. The van der Waals surface area contributed by atoms with E-state index < -0.39 is 0 Å². The van der Waals surface area contributed by atoms with E-state index in [2.05, 4.69) is 27.5 Å². The highest BCUT2D eigenvalue weighted by Gasteiger charge is 2.34. The molecule has 0 radical (unpaired) electrons. The molecular weight excluding hydrogens is 318 g/mol. The third-order valence-corrected chi connectivity index (χ3v) is 4.85. The summed E-state index contributed by atoms with van der Waals surface area (Å²) in [6.07, 6.45) is 3.72. The van der Waals surface area contributed by atoms with Crippen molar-refractivity contribution in [1.82, 2.24) is 25.2 Å². The zero-order valence-electron chi connectivity index (χ0n) is 14.4. The maximum absolute atomic E-state index is 5.58. The van der Waals surface area contributed by atoms with Crippen molar-refractivity contribution in [3.8, 4) is 23.0 Å². The molecule has 2 aromatic heterocycles. The van der Waals surface area contributed by atoms with Gasteiger partial charge in [-0.1, -0.05) is 24.2 Å². The average molecular weight is 339 g/mol. The Morgan fingerprint density at radius 3 is 2.80 bits per heavy atom. The number of para-hydroxylation sites is 2. The Morgan fingerprint density at radius 2 is 2.00 bits per heavy atom. The number of aromatic nitrogens is 4. The van der Waals surface area contributed by atoms with Crippen LogP contribution < -0.4 is 10.1 Å². The van der Waals surface area contributed by atoms with Gasteiger partial charge in [0.15, 0.2) is 5.82 Å². The molecule has 1 aliphatic heterocycles. The number of rotatable bonds is 4. The summed E-state index contributed by atoms with van der Waals surface area (Å²) in [6.45, 7) is 4.14. The lowest BCUT2D eigenvalue weighted by molar-refractivity contribution is 0.303. The number of piperidine rings is 1. The van der Waals surface area contributed by atoms with Crippen molar-refractivity contribution in [1.29, 1.82) is 0 Å². The largest absolute Gasteiger partial charge is 0.494 e. The smallest absolute Gasteiger partial charge is 0.276 e. The minimum Gasteiger partial charge on any atom is -0.494 e. The highest BCUT2D eigenvalue weighted by Crippen LogP contribution is 2.33. The van der Waals surface area contributed by atoms with Crippen LogP contribution in [-0.2, 0) is 5.41 Å². The van der Waals surface area contributed by atoms with Gasteiger partial charge in [-0.25, -0.2) is 4.68 Å². The molecule has 7 nitrogen and oxygen atoms in total. The van der Waals surface area contributed by atoms with E-state index in [1.54, 1.807) is 18.0 Å². The monoisotopic (exact) mass is 339 g/mol. The molecule has 0 atom stereocenters. The Hall–Kier alpha value is -2.67. The fourth-order valence-electron chi connectivity index (χ4n) is 3.24. The third-order valence-electron chi connectivity index (χ3n) is 4.85. The summed E-state index contributed by atoms with van der Waals surface area (Å²) in [5.74, 6) is 1.97. The van der Waals surface area contributed by atoms with E-state index >= 15 is 0 Å². The molecule has 1 aliphatic rings. The lowest BCUT2D eigenvalue weighted by atomic mass is 9.80. The quantitative estimate of drug-likeness (QED) is 0.787. The van der Waals surface area contributed by atoms with E-state index in [1.165, 1.54) is 0 Å². The number of hydrogen-bond donors (Lipinski definition) is 1. The summed E-state index contributed by atoms with van der Waals surface area (Å²) in [4.78, 5) is 4.68. The Kier molecular flexibility index (Phi) is 4.01. The maximum atomic E-state index is 5.58. The Bertz CT molecular complexity index is 864. The second-order valence-corrected chi connectivity index (χ2v) is 6.53. The summed E-state index contributed by atoms with van der Waals surface area (Å²) in [5, 5.41) is 12.0. The molecule has 0 unspecified atom stereocenters. The molecule has 1 aromatic carbocycles. The number of hydrogen-bond acceptors (Lipinski definition) is 6. The maximum Gasteiger partial charge on any atom is 0.276 e. The van der Waals surface area contributed by atoms with E-state index in [0.717, 1.165) is 48.9 Å². The molecule has 0 amide bonds. The summed E-state index contributed by atoms with van der Waals surface area (Å²) in [5.41, 5.74) is 1.53. The first-order valence-corrected chi connectivity index (χ1v) is 8.44. The van der Waals surface area contributed by atoms with Crippen LogP contribution in [0.3, 0.4) is 0 Å². The predicted molar refractivity (Wildman–Crippen MR) is 92.9 cm³/mol. The van der Waals surface area contributed by atoms with Gasteiger partial charge in [0.2, 0.25) is 0 Å². The van der Waals surface area contributed by atoms with Crippen LogP contribution in [0.4, 0.5) is 0 Å². The van der Waals surface area contributed by atoms with E-state index in [1.807, 2.05) is 30.3 Å². The second kappa shape index (κ2) is 6.33. The van der Waals surface area contributed by atoms with Gasteiger partial charge in [-0.05, 0) is 44.1 Å². The summed E-state index contributed by atoms with van der Waals surface area (Å²) in [7, 11) is 1.64. The number of benzene rings is 1. The molecule has 25 heavy (non-hydrogen) atoms. The van der Waals surface area contributed by atoms with Crippen molar-refractivity contribution in [2.45, 2.75) is 25.2 Å². The molecule has 4 rings (SSSR count). The fourth-order valence-corrected chi connectivity index (χ4v) is 3.24. The van der Waals surface area contributed by atoms with Crippen molar-refractivity contribution < 1.29 is 9.26 Å². The van der Waals surface area contributed by atoms with Gasteiger partial charge in [0.05, 0.1) is 13.3 Å². The number of methoxy groups -OCH3 is 1. The van der Waals surface area contributed by atoms with Crippen molar-refractivity contribution >= 4 is 0 Å². The van der Waals surface area contributed by atoms with E-state index in [-0.39, 0.29) is 5.41 Å². The molecule has 0 spiro atoms. The number of ether oxygens (including phenoxy) is 1. The van der Waals surface area contributed by atoms with Crippen molar-refractivity contribution in [3.05, 3.63) is 42.4 Å². The van der Waals surface area contributed by atoms with E-state index in [0.29, 0.717) is 5.89 Å². The SMILES string of the molecule is COc1ccccc1-n1nccc1-c1nc(C2(C)CCNCC2)no1. The molecule has 0 saturated carbocycles. The standard InChI is InChI=1S/C18H21N5O2/c1-18(8-11-19-12-9-18)17-21-16(25-22-17)14-7-10-20-23(14)13-5-3-4-6-15(13)24-2/h3-7,10,19H,8-9,11-12H2,1-2H3. The van der Waals surface area contributed by atoms with Gasteiger partial charge >= 0.3 is 0 Å². The molecule has 7 heteroatoms. The van der Waals surface area contributed by atoms with Crippen LogP contribution in [0.15, 0.2) is 41.1 Å². The first-order valence-electron chi connectivity index (χ1n) is 8.44. The highest BCUT2D eigenvalue weighted by atomic mass is 16.5. The van der Waals surface area contributed by atoms with Crippen LogP contribution >= 0.6 is 0 Å². The van der Waals surface area contributed by atoms with Crippen LogP contribution in [-0.4, -0.2) is 40.1 Å². The van der Waals surface area contributed by atoms with Crippen molar-refractivity contribution in [3.63, 3.8) is 0 Å². The number of nitrogens with one attached hydrogen (secondary N) is 1. The minimum absolute atomic E-state index is 0.0533. The molecule has 3 aromatic rings. The van der Waals surface area contributed by atoms with E-state index in [9.17, 15) is 0 Å². The zero-order valence-corrected chi connectivity index (χ0v) is 14.4. The first kappa shape index (κ1) is 15.8. The Balaban J connectivity index is 1.72. The number of nitrogens with zero attached hydrogens (tertiary/aromatic N) is 4. The Morgan fingerprint density at radius 1 is 1.20 bits per heavy atom. The van der Waals surface area contributed by atoms with Crippen molar-refractivity contribution in [2.75, 3.05) is 20.2 Å². The van der Waals surface area contributed by atoms with Gasteiger partial charge < -0.3 is 14.6 Å². The van der Waals surface area contributed by atoms with Crippen LogP contribution in [0.1, 0.15) is 25.6 Å². The van der Waals surface area contributed by atoms with Gasteiger partial charge in [0.25, 0.3) is 5.89 Å². The van der Waals surface area contributed by atoms with Crippen LogP contribution in [0.25, 0.3) is 17.3 Å². The molecule has 1 N–H and O–H groups in total. The van der Waals surface area contributed by atoms with Crippen LogP contribution in [0, 0.1) is 0 Å². The van der Waals surface area contributed by atoms with Gasteiger partial charge in [-0.15, -0.1) is 0 Å². The molecular formula is C18H21N5O2. The molecule has 130 valence electrons. The average Bonchev–Trinajstić information content (AvgIpc) is 3.31. The lowest BCUT2D eigenvalue weighted by Crippen LogP contribution is -2.38. The van der Waals surface area contributed by atoms with Gasteiger partial charge in [-0.3, -0.25) is 0 Å². The van der Waals surface area contributed by atoms with Crippen molar-refractivity contribution in [2.24, 2.45) is 0 Å². The summed E-state index contributed by atoms with van der Waals surface area (Å²) in [6, 6.07) is 9.58. The lowest BCUT2D eigenvalue weighted by Gasteiger charge is -2.30. The highest BCUT2D eigenvalue weighted by molar-refractivity contribution is 5.56. The molecule has 3 heterocycles. The van der Waals surface area contributed by atoms with Crippen LogP contribution in [0.5, 0.6) is 5.75 Å². The molecule has 1 fully saturated rings. The summed E-state index contributed by atoms with van der Waals surface area (Å²) >= 11 is 0. The molecule has 0 bridgehead atoms. The minimum atomic E-state index is -0.0533. The fraction of sp³-hybridized carbons (Fsp3) is 0.389. The zero-order chi connectivity index (χ0) is 17.3. The predicted octanol–water partition coefficient (Wildman–Crippen LogP) is 2.57. The summed E-state index contributed by atoms with van der Waals surface area (Å²) < 4.78 is 12.8. The molecule has 1 saturated heterocycles. The third kappa shape index (κ3) is 2.80. The first-order chi connectivity index (χ1) is 12.2. The van der Waals surface area contributed by atoms with Crippen LogP contribution in [0.2, 0.25) is 0 Å². The van der Waals surface area contributed by atoms with E-state index in [4.69, 9.17) is 9.26 Å². The Labute approximate surface area is 146 Å². The van der Waals surface area contributed by atoms with Gasteiger partial charge in [-0.2, -0.15) is 10.1 Å². The molecule has 0 aliphatic carbocycles. The normalized spacial score (nSPS) is 16.7. The topological polar surface area (TPSA) is 78.0 Å².